The maximum Gasteiger partial charge on any atom is 0.267 e. The standard InChI is InChI=1S/C26H26N4O3S2/c1-33-19-11-9-18(10-12-19)17-30-25(32)21(35-26(30)34)16-20-23(28-13-5-2-3-6-14-28)27-22-8-4-7-15-29(22)24(20)31/h4,7-12,15-16H,2-3,5-6,13-14,17H2,1H3. The molecule has 0 aliphatic carbocycles. The number of hydrogen-bond donors (Lipinski definition) is 0. The van der Waals surface area contributed by atoms with Crippen molar-refractivity contribution in [3.63, 3.8) is 0 Å². The van der Waals surface area contributed by atoms with E-state index in [1.807, 2.05) is 36.4 Å². The Bertz CT molecular complexity index is 1360. The first-order chi connectivity index (χ1) is 17.0. The topological polar surface area (TPSA) is 67.2 Å². The number of amides is 1. The molecule has 4 heterocycles. The van der Waals surface area contributed by atoms with Gasteiger partial charge in [0.25, 0.3) is 11.5 Å². The van der Waals surface area contributed by atoms with Gasteiger partial charge in [0.05, 0.1) is 24.1 Å². The average molecular weight is 507 g/mol. The molecule has 35 heavy (non-hydrogen) atoms. The maximum absolute atomic E-state index is 13.6. The van der Waals surface area contributed by atoms with Crippen LogP contribution in [0.1, 0.15) is 36.8 Å². The number of rotatable bonds is 5. The molecule has 180 valence electrons. The molecule has 0 spiro atoms. The molecule has 2 fully saturated rings. The van der Waals surface area contributed by atoms with Crippen LogP contribution in [0.25, 0.3) is 11.7 Å². The van der Waals surface area contributed by atoms with E-state index in [9.17, 15) is 9.59 Å². The Morgan fingerprint density at radius 2 is 1.80 bits per heavy atom. The minimum absolute atomic E-state index is 0.185. The fourth-order valence-corrected chi connectivity index (χ4v) is 5.66. The van der Waals surface area contributed by atoms with Crippen molar-refractivity contribution >= 4 is 51.7 Å². The zero-order valence-electron chi connectivity index (χ0n) is 19.5. The largest absolute Gasteiger partial charge is 0.497 e. The molecular formula is C26H26N4O3S2. The van der Waals surface area contributed by atoms with E-state index in [0.717, 1.165) is 37.2 Å². The maximum atomic E-state index is 13.6. The summed E-state index contributed by atoms with van der Waals surface area (Å²) in [6.07, 6.45) is 7.84. The van der Waals surface area contributed by atoms with E-state index in [1.54, 1.807) is 30.3 Å². The predicted octanol–water partition coefficient (Wildman–Crippen LogP) is 4.48. The van der Waals surface area contributed by atoms with Gasteiger partial charge in [-0.05, 0) is 48.7 Å². The summed E-state index contributed by atoms with van der Waals surface area (Å²) in [6, 6.07) is 13.1. The first-order valence-electron chi connectivity index (χ1n) is 11.7. The van der Waals surface area contributed by atoms with Gasteiger partial charge in [0.2, 0.25) is 0 Å². The van der Waals surface area contributed by atoms with Gasteiger partial charge in [-0.3, -0.25) is 18.9 Å². The third-order valence-corrected chi connectivity index (χ3v) is 7.68. The molecule has 0 N–H and O–H groups in total. The molecule has 0 radical (unpaired) electrons. The summed E-state index contributed by atoms with van der Waals surface area (Å²) in [5.41, 5.74) is 1.79. The summed E-state index contributed by atoms with van der Waals surface area (Å²) >= 11 is 6.76. The van der Waals surface area contributed by atoms with Crippen LogP contribution < -0.4 is 15.2 Å². The van der Waals surface area contributed by atoms with E-state index in [4.69, 9.17) is 21.9 Å². The van der Waals surface area contributed by atoms with Gasteiger partial charge in [-0.2, -0.15) is 0 Å². The van der Waals surface area contributed by atoms with Gasteiger partial charge in [-0.15, -0.1) is 0 Å². The van der Waals surface area contributed by atoms with E-state index < -0.39 is 0 Å². The zero-order valence-corrected chi connectivity index (χ0v) is 21.1. The first-order valence-corrected chi connectivity index (χ1v) is 12.9. The number of ether oxygens (including phenoxy) is 1. The van der Waals surface area contributed by atoms with E-state index in [-0.39, 0.29) is 11.5 Å². The van der Waals surface area contributed by atoms with Crippen molar-refractivity contribution in [1.82, 2.24) is 14.3 Å². The lowest BCUT2D eigenvalue weighted by molar-refractivity contribution is -0.122. The molecular weight excluding hydrogens is 480 g/mol. The van der Waals surface area contributed by atoms with Crippen LogP contribution >= 0.6 is 24.0 Å². The normalized spacial score (nSPS) is 17.9. The lowest BCUT2D eigenvalue weighted by atomic mass is 10.2. The van der Waals surface area contributed by atoms with Crippen LogP contribution in [0.5, 0.6) is 5.75 Å². The highest BCUT2D eigenvalue weighted by atomic mass is 32.2. The van der Waals surface area contributed by atoms with E-state index in [0.29, 0.717) is 32.8 Å². The van der Waals surface area contributed by atoms with Gasteiger partial charge in [0.1, 0.15) is 21.5 Å². The third-order valence-electron chi connectivity index (χ3n) is 6.30. The Morgan fingerprint density at radius 3 is 2.51 bits per heavy atom. The second-order valence-corrected chi connectivity index (χ2v) is 10.3. The lowest BCUT2D eigenvalue weighted by Gasteiger charge is -2.23. The molecule has 0 atom stereocenters. The smallest absolute Gasteiger partial charge is 0.267 e. The second-order valence-electron chi connectivity index (χ2n) is 8.60. The number of carbonyl (C=O) groups is 1. The van der Waals surface area contributed by atoms with E-state index >= 15 is 0 Å². The molecule has 0 saturated carbocycles. The molecule has 1 aromatic carbocycles. The zero-order chi connectivity index (χ0) is 24.4. The highest BCUT2D eigenvalue weighted by Crippen LogP contribution is 2.35. The van der Waals surface area contributed by atoms with Crippen molar-refractivity contribution in [1.29, 1.82) is 0 Å². The molecule has 1 amide bonds. The summed E-state index contributed by atoms with van der Waals surface area (Å²) in [6.45, 7) is 2.05. The fraction of sp³-hybridized carbons (Fsp3) is 0.308. The number of thioether (sulfide) groups is 1. The third kappa shape index (κ3) is 4.83. The quantitative estimate of drug-likeness (QED) is 0.373. The minimum atomic E-state index is -0.199. The number of hydrogen-bond acceptors (Lipinski definition) is 7. The van der Waals surface area contributed by atoms with Crippen molar-refractivity contribution in [2.24, 2.45) is 0 Å². The monoisotopic (exact) mass is 506 g/mol. The van der Waals surface area contributed by atoms with Crippen LogP contribution in [0, 0.1) is 0 Å². The number of nitrogens with zero attached hydrogens (tertiary/aromatic N) is 4. The highest BCUT2D eigenvalue weighted by molar-refractivity contribution is 8.26. The summed E-state index contributed by atoms with van der Waals surface area (Å²) in [5, 5.41) is 0. The number of anilines is 1. The van der Waals surface area contributed by atoms with Gasteiger partial charge in [-0.25, -0.2) is 4.98 Å². The minimum Gasteiger partial charge on any atom is -0.497 e. The van der Waals surface area contributed by atoms with E-state index in [1.165, 1.54) is 29.0 Å². The molecule has 0 bridgehead atoms. The van der Waals surface area contributed by atoms with Crippen molar-refractivity contribution in [2.45, 2.75) is 32.2 Å². The van der Waals surface area contributed by atoms with Crippen molar-refractivity contribution < 1.29 is 9.53 Å². The molecule has 3 aromatic rings. The van der Waals surface area contributed by atoms with Crippen LogP contribution in [0.15, 0.2) is 58.4 Å². The highest BCUT2D eigenvalue weighted by Gasteiger charge is 2.33. The Balaban J connectivity index is 1.52. The van der Waals surface area contributed by atoms with Crippen LogP contribution in [0.3, 0.4) is 0 Å². The van der Waals surface area contributed by atoms with Crippen LogP contribution in [-0.2, 0) is 11.3 Å². The SMILES string of the molecule is COc1ccc(CN2C(=O)C(=Cc3c(N4CCCCCC4)nc4ccccn4c3=O)SC2=S)cc1. The Morgan fingerprint density at radius 1 is 1.06 bits per heavy atom. The Kier molecular flexibility index (Phi) is 6.88. The second kappa shape index (κ2) is 10.2. The number of benzene rings is 1. The fourth-order valence-electron chi connectivity index (χ4n) is 4.42. The lowest BCUT2D eigenvalue weighted by Crippen LogP contribution is -2.30. The Hall–Kier alpha value is -3.17. The number of pyridine rings is 1. The number of fused-ring (bicyclic) bond motifs is 1. The number of carbonyl (C=O) groups excluding carboxylic acids is 1. The average Bonchev–Trinajstić information content (AvgIpc) is 3.05. The van der Waals surface area contributed by atoms with Gasteiger partial charge in [-0.1, -0.05) is 55.0 Å². The molecule has 9 heteroatoms. The summed E-state index contributed by atoms with van der Waals surface area (Å²) in [7, 11) is 1.62. The predicted molar refractivity (Wildman–Crippen MR) is 144 cm³/mol. The molecule has 2 saturated heterocycles. The van der Waals surface area contributed by atoms with Crippen molar-refractivity contribution in [2.75, 3.05) is 25.1 Å². The molecule has 7 nitrogen and oxygen atoms in total. The van der Waals surface area contributed by atoms with Crippen LogP contribution in [0.2, 0.25) is 0 Å². The number of thiocarbonyl (C=S) groups is 1. The first kappa shape index (κ1) is 23.6. The number of aromatic nitrogens is 2. The van der Waals surface area contributed by atoms with Crippen LogP contribution in [0.4, 0.5) is 5.82 Å². The van der Waals surface area contributed by atoms with Crippen LogP contribution in [-0.4, -0.2) is 44.7 Å². The van der Waals surface area contributed by atoms with Crippen molar-refractivity contribution in [3.05, 3.63) is 75.0 Å². The molecule has 2 aromatic heterocycles. The summed E-state index contributed by atoms with van der Waals surface area (Å²) in [5.74, 6) is 1.20. The molecule has 2 aliphatic rings. The number of methoxy groups -OCH3 is 1. The van der Waals surface area contributed by atoms with Gasteiger partial charge < -0.3 is 9.64 Å². The molecule has 0 unspecified atom stereocenters. The van der Waals surface area contributed by atoms with Crippen molar-refractivity contribution in [3.8, 4) is 5.75 Å². The van der Waals surface area contributed by atoms with Gasteiger partial charge >= 0.3 is 0 Å². The van der Waals surface area contributed by atoms with Gasteiger partial charge in [0, 0.05) is 19.3 Å². The summed E-state index contributed by atoms with van der Waals surface area (Å²) < 4.78 is 7.22. The van der Waals surface area contributed by atoms with Gasteiger partial charge in [0.15, 0.2) is 0 Å². The Labute approximate surface area is 213 Å². The molecule has 5 rings (SSSR count). The summed E-state index contributed by atoms with van der Waals surface area (Å²) in [4.78, 5) is 36.0. The van der Waals surface area contributed by atoms with E-state index in [2.05, 4.69) is 4.90 Å². The molecule has 2 aliphatic heterocycles.